The Morgan fingerprint density at radius 1 is 1.04 bits per heavy atom. The number of ketones is 1. The lowest BCUT2D eigenvalue weighted by atomic mass is 9.97. The second-order valence-corrected chi connectivity index (χ2v) is 6.82. The van der Waals surface area contributed by atoms with Gasteiger partial charge in [0, 0.05) is 5.70 Å². The maximum atomic E-state index is 11.4. The van der Waals surface area contributed by atoms with E-state index < -0.39 is 7.75 Å². The third kappa shape index (κ3) is 6.02. The van der Waals surface area contributed by atoms with Crippen LogP contribution in [0.4, 0.5) is 0 Å². The lowest BCUT2D eigenvalue weighted by Crippen LogP contribution is -2.17. The maximum absolute atomic E-state index is 11.4. The molecule has 0 bridgehead atoms. The van der Waals surface area contributed by atoms with Gasteiger partial charge in [0.25, 0.3) is 0 Å². The number of hydrogen-bond donors (Lipinski definition) is 4. The molecule has 6 nitrogen and oxygen atoms in total. The molecular weight excluding hydrogens is 317 g/mol. The molecule has 1 aromatic rings. The normalized spacial score (nSPS) is 15.1. The van der Waals surface area contributed by atoms with Crippen LogP contribution in [-0.2, 0) is 15.8 Å². The maximum Gasteiger partial charge on any atom is 0.427 e. The lowest BCUT2D eigenvalue weighted by Gasteiger charge is -2.18. The summed E-state index contributed by atoms with van der Waals surface area (Å²) in [7, 11) is -4.41. The molecule has 0 amide bonds. The van der Waals surface area contributed by atoms with Gasteiger partial charge in [0.15, 0.2) is 5.78 Å². The van der Waals surface area contributed by atoms with Gasteiger partial charge >= 0.3 is 7.75 Å². The number of aromatic hydroxyl groups is 1. The van der Waals surface area contributed by atoms with E-state index in [0.29, 0.717) is 12.1 Å². The van der Waals surface area contributed by atoms with Gasteiger partial charge in [-0.05, 0) is 55.0 Å². The van der Waals surface area contributed by atoms with Crippen molar-refractivity contribution in [2.75, 3.05) is 0 Å². The molecule has 0 fully saturated rings. The number of aryl methyl sites for hydroxylation is 1. The Bertz CT molecular complexity index is 672. The molecular formula is C16H20NO5P. The topological polar surface area (TPSA) is 107 Å². The van der Waals surface area contributed by atoms with Crippen molar-refractivity contribution in [1.82, 2.24) is 5.09 Å². The number of nitrogens with one attached hydrogen (secondary N) is 1. The van der Waals surface area contributed by atoms with E-state index in [2.05, 4.69) is 5.09 Å². The van der Waals surface area contributed by atoms with Crippen LogP contribution in [0, 0.1) is 0 Å². The zero-order chi connectivity index (χ0) is 16.9. The van der Waals surface area contributed by atoms with Crippen LogP contribution >= 0.6 is 7.75 Å². The smallest absolute Gasteiger partial charge is 0.427 e. The van der Waals surface area contributed by atoms with Crippen molar-refractivity contribution in [3.05, 3.63) is 53.3 Å². The third-order valence-electron chi connectivity index (χ3n) is 3.59. The summed E-state index contributed by atoms with van der Waals surface area (Å²) in [5, 5.41) is 11.4. The first-order chi connectivity index (χ1) is 10.8. The quantitative estimate of drug-likeness (QED) is 0.450. The number of phenolic OH excluding ortho intramolecular Hbond substituents is 1. The van der Waals surface area contributed by atoms with E-state index in [0.717, 1.165) is 30.4 Å². The van der Waals surface area contributed by atoms with Crippen molar-refractivity contribution in [3.8, 4) is 5.75 Å². The highest BCUT2D eigenvalue weighted by atomic mass is 31.2. The Labute approximate surface area is 134 Å². The Morgan fingerprint density at radius 3 is 2.35 bits per heavy atom. The van der Waals surface area contributed by atoms with Gasteiger partial charge in [0.2, 0.25) is 0 Å². The van der Waals surface area contributed by atoms with Crippen LogP contribution in [0.5, 0.6) is 5.75 Å². The van der Waals surface area contributed by atoms with Gasteiger partial charge in [-0.3, -0.25) is 9.88 Å². The van der Waals surface area contributed by atoms with Gasteiger partial charge in [-0.25, -0.2) is 4.57 Å². The number of hydrogen-bond acceptors (Lipinski definition) is 3. The predicted molar refractivity (Wildman–Crippen MR) is 86.6 cm³/mol. The average Bonchev–Trinajstić information content (AvgIpc) is 2.45. The van der Waals surface area contributed by atoms with Crippen LogP contribution in [0.3, 0.4) is 0 Å². The van der Waals surface area contributed by atoms with Crippen molar-refractivity contribution in [3.63, 3.8) is 0 Å². The second kappa shape index (κ2) is 7.59. The van der Waals surface area contributed by atoms with Crippen molar-refractivity contribution in [1.29, 1.82) is 0 Å². The van der Waals surface area contributed by atoms with Gasteiger partial charge in [0.1, 0.15) is 5.75 Å². The van der Waals surface area contributed by atoms with E-state index in [1.165, 1.54) is 6.08 Å². The number of carbonyl (C=O) groups is 1. The highest BCUT2D eigenvalue weighted by molar-refractivity contribution is 7.49. The molecule has 0 atom stereocenters. The van der Waals surface area contributed by atoms with Gasteiger partial charge < -0.3 is 14.9 Å². The summed E-state index contributed by atoms with van der Waals surface area (Å²) in [4.78, 5) is 29.5. The summed E-state index contributed by atoms with van der Waals surface area (Å²) in [5.74, 6) is 0.0675. The average molecular weight is 337 g/mol. The Balaban J connectivity index is 1.90. The summed E-state index contributed by atoms with van der Waals surface area (Å²) in [5.41, 5.74) is 2.20. The molecule has 1 aliphatic carbocycles. The summed E-state index contributed by atoms with van der Waals surface area (Å²) in [6, 6.07) is 7.04. The third-order valence-corrected chi connectivity index (χ3v) is 4.15. The van der Waals surface area contributed by atoms with Crippen LogP contribution < -0.4 is 5.09 Å². The van der Waals surface area contributed by atoms with Crippen LogP contribution in [0.15, 0.2) is 47.7 Å². The zero-order valence-electron chi connectivity index (χ0n) is 12.6. The number of allylic oxidation sites excluding steroid dienone is 4. The Kier molecular flexibility index (Phi) is 5.77. The van der Waals surface area contributed by atoms with Gasteiger partial charge in [-0.2, -0.15) is 0 Å². The number of rotatable bonds is 7. The molecule has 1 aromatic carbocycles. The van der Waals surface area contributed by atoms with Gasteiger partial charge in [-0.1, -0.05) is 18.2 Å². The summed E-state index contributed by atoms with van der Waals surface area (Å²) in [6.07, 6.45) is 6.31. The molecule has 0 aromatic heterocycles. The van der Waals surface area contributed by atoms with Gasteiger partial charge in [0.05, 0.1) is 6.42 Å². The van der Waals surface area contributed by atoms with E-state index in [-0.39, 0.29) is 18.0 Å². The van der Waals surface area contributed by atoms with Crippen molar-refractivity contribution >= 4 is 13.5 Å². The minimum atomic E-state index is -4.41. The zero-order valence-corrected chi connectivity index (χ0v) is 13.5. The van der Waals surface area contributed by atoms with Crippen LogP contribution in [0.25, 0.3) is 0 Å². The first kappa shape index (κ1) is 17.5. The number of phenols is 1. The molecule has 23 heavy (non-hydrogen) atoms. The van der Waals surface area contributed by atoms with Crippen molar-refractivity contribution in [2.45, 2.75) is 32.1 Å². The molecule has 0 radical (unpaired) electrons. The standard InChI is InChI=1S/C16H20NO5P/c18-14-8-5-12(6-9-14)3-1-2-4-13-7-10-15(19)11-16(13)17-23(20,21)22/h5-10,18H,1-4,11H2,(H3,17,20,21,22). The minimum Gasteiger partial charge on any atom is -0.508 e. The molecule has 0 spiro atoms. The monoisotopic (exact) mass is 337 g/mol. The minimum absolute atomic E-state index is 0.00505. The fraction of sp³-hybridized carbons (Fsp3) is 0.312. The molecule has 0 saturated heterocycles. The highest BCUT2D eigenvalue weighted by Gasteiger charge is 2.20. The number of carbonyl (C=O) groups excluding carboxylic acids is 1. The highest BCUT2D eigenvalue weighted by Crippen LogP contribution is 2.34. The van der Waals surface area contributed by atoms with E-state index in [9.17, 15) is 14.5 Å². The summed E-state index contributed by atoms with van der Waals surface area (Å²) < 4.78 is 11.1. The largest absolute Gasteiger partial charge is 0.508 e. The van der Waals surface area contributed by atoms with E-state index in [1.807, 2.05) is 12.1 Å². The summed E-state index contributed by atoms with van der Waals surface area (Å²) >= 11 is 0. The fourth-order valence-corrected chi connectivity index (χ4v) is 3.04. The molecule has 0 aliphatic heterocycles. The van der Waals surface area contributed by atoms with Crippen LogP contribution in [-0.4, -0.2) is 20.7 Å². The lowest BCUT2D eigenvalue weighted by molar-refractivity contribution is -0.114. The first-order valence-electron chi connectivity index (χ1n) is 7.38. The van der Waals surface area contributed by atoms with E-state index >= 15 is 0 Å². The van der Waals surface area contributed by atoms with Crippen LogP contribution in [0.1, 0.15) is 31.2 Å². The SMILES string of the molecule is O=C1C=CC(CCCCc2ccc(O)cc2)=C(NP(=O)(O)O)C1. The molecule has 4 N–H and O–H groups in total. The van der Waals surface area contributed by atoms with E-state index in [4.69, 9.17) is 9.79 Å². The van der Waals surface area contributed by atoms with Crippen molar-refractivity contribution in [2.24, 2.45) is 0 Å². The van der Waals surface area contributed by atoms with Crippen LogP contribution in [0.2, 0.25) is 0 Å². The number of unbranched alkanes of at least 4 members (excludes halogenated alkanes) is 1. The number of benzene rings is 1. The molecule has 1 aliphatic rings. The molecule has 0 heterocycles. The fourth-order valence-electron chi connectivity index (χ4n) is 2.47. The van der Waals surface area contributed by atoms with Gasteiger partial charge in [-0.15, -0.1) is 0 Å². The molecule has 2 rings (SSSR count). The Hall–Kier alpha value is -1.88. The van der Waals surface area contributed by atoms with Crippen molar-refractivity contribution < 1.29 is 24.3 Å². The molecule has 0 saturated carbocycles. The summed E-state index contributed by atoms with van der Waals surface area (Å²) in [6.45, 7) is 0. The van der Waals surface area contributed by atoms with E-state index in [1.54, 1.807) is 18.2 Å². The molecule has 7 heteroatoms. The second-order valence-electron chi connectivity index (χ2n) is 5.51. The molecule has 124 valence electrons. The first-order valence-corrected chi connectivity index (χ1v) is 8.99. The Morgan fingerprint density at radius 2 is 1.70 bits per heavy atom. The predicted octanol–water partition coefficient (Wildman–Crippen LogP) is 2.57. The molecule has 0 unspecified atom stereocenters.